The standard InChI is InChI=1S/C11H12N2O4/c1-17-9-6-7(2-3-8(9)10(14)15)13-5-4-12-11(13)16/h2-3,6H,4-5H2,1H3,(H,12,16)(H,14,15). The quantitative estimate of drug-likeness (QED) is 0.818. The number of carboxylic acid groups (broad SMARTS) is 1. The Morgan fingerprint density at radius 2 is 2.29 bits per heavy atom. The van der Waals surface area contributed by atoms with Crippen LogP contribution in [0.5, 0.6) is 5.75 Å². The fourth-order valence-corrected chi connectivity index (χ4v) is 1.74. The molecule has 90 valence electrons. The van der Waals surface area contributed by atoms with Crippen LogP contribution in [-0.2, 0) is 0 Å². The summed E-state index contributed by atoms with van der Waals surface area (Å²) in [4.78, 5) is 23.9. The van der Waals surface area contributed by atoms with Gasteiger partial charge in [-0.1, -0.05) is 0 Å². The van der Waals surface area contributed by atoms with E-state index in [1.54, 1.807) is 12.1 Å². The van der Waals surface area contributed by atoms with Crippen LogP contribution in [0, 0.1) is 0 Å². The summed E-state index contributed by atoms with van der Waals surface area (Å²) < 4.78 is 5.00. The lowest BCUT2D eigenvalue weighted by Gasteiger charge is -2.15. The topological polar surface area (TPSA) is 78.9 Å². The number of carboxylic acids is 1. The van der Waals surface area contributed by atoms with Crippen LogP contribution in [0.2, 0.25) is 0 Å². The number of hydrogen-bond acceptors (Lipinski definition) is 3. The van der Waals surface area contributed by atoms with Gasteiger partial charge in [-0.3, -0.25) is 4.90 Å². The lowest BCUT2D eigenvalue weighted by atomic mass is 10.1. The summed E-state index contributed by atoms with van der Waals surface area (Å²) >= 11 is 0. The van der Waals surface area contributed by atoms with Gasteiger partial charge in [-0.15, -0.1) is 0 Å². The molecule has 1 heterocycles. The monoisotopic (exact) mass is 236 g/mol. The van der Waals surface area contributed by atoms with Crippen molar-refractivity contribution in [3.63, 3.8) is 0 Å². The van der Waals surface area contributed by atoms with Gasteiger partial charge >= 0.3 is 12.0 Å². The van der Waals surface area contributed by atoms with Crippen molar-refractivity contribution < 1.29 is 19.4 Å². The van der Waals surface area contributed by atoms with Gasteiger partial charge in [0.15, 0.2) is 0 Å². The third kappa shape index (κ3) is 2.01. The summed E-state index contributed by atoms with van der Waals surface area (Å²) in [6.45, 7) is 1.15. The SMILES string of the molecule is COc1cc(N2CCNC2=O)ccc1C(=O)O. The predicted molar refractivity (Wildman–Crippen MR) is 60.7 cm³/mol. The molecule has 1 fully saturated rings. The van der Waals surface area contributed by atoms with Crippen molar-refractivity contribution in [1.82, 2.24) is 5.32 Å². The molecule has 2 N–H and O–H groups in total. The van der Waals surface area contributed by atoms with Crippen LogP contribution in [0.15, 0.2) is 18.2 Å². The molecule has 1 aliphatic rings. The van der Waals surface area contributed by atoms with Crippen molar-refractivity contribution in [2.24, 2.45) is 0 Å². The van der Waals surface area contributed by atoms with Crippen molar-refractivity contribution in [3.8, 4) is 5.75 Å². The van der Waals surface area contributed by atoms with Crippen molar-refractivity contribution in [2.75, 3.05) is 25.1 Å². The molecule has 0 unspecified atom stereocenters. The Morgan fingerprint density at radius 3 is 2.82 bits per heavy atom. The minimum Gasteiger partial charge on any atom is -0.496 e. The second kappa shape index (κ2) is 4.32. The van der Waals surface area contributed by atoms with Gasteiger partial charge in [0.05, 0.1) is 7.11 Å². The number of amides is 2. The number of carbonyl (C=O) groups is 2. The zero-order valence-electron chi connectivity index (χ0n) is 9.27. The minimum atomic E-state index is -1.06. The molecular formula is C11H12N2O4. The van der Waals surface area contributed by atoms with Gasteiger partial charge in [0.2, 0.25) is 0 Å². The Bertz CT molecular complexity index is 473. The van der Waals surface area contributed by atoms with Gasteiger partial charge in [-0.05, 0) is 12.1 Å². The van der Waals surface area contributed by atoms with E-state index in [0.717, 1.165) is 0 Å². The van der Waals surface area contributed by atoms with Crippen molar-refractivity contribution in [1.29, 1.82) is 0 Å². The lowest BCUT2D eigenvalue weighted by molar-refractivity contribution is 0.0693. The summed E-state index contributed by atoms with van der Waals surface area (Å²) in [5, 5.41) is 11.6. The van der Waals surface area contributed by atoms with E-state index in [0.29, 0.717) is 18.8 Å². The van der Waals surface area contributed by atoms with Crippen LogP contribution in [0.3, 0.4) is 0 Å². The summed E-state index contributed by atoms with van der Waals surface area (Å²) in [6, 6.07) is 4.39. The molecule has 0 radical (unpaired) electrons. The highest BCUT2D eigenvalue weighted by Gasteiger charge is 2.22. The number of nitrogens with one attached hydrogen (secondary N) is 1. The number of anilines is 1. The third-order valence-corrected chi connectivity index (χ3v) is 2.58. The van der Waals surface area contributed by atoms with Crippen LogP contribution in [0.1, 0.15) is 10.4 Å². The van der Waals surface area contributed by atoms with Crippen LogP contribution in [0.4, 0.5) is 10.5 Å². The Labute approximate surface area is 97.8 Å². The smallest absolute Gasteiger partial charge is 0.339 e. The van der Waals surface area contributed by atoms with Crippen LogP contribution in [0.25, 0.3) is 0 Å². The number of ether oxygens (including phenoxy) is 1. The van der Waals surface area contributed by atoms with Crippen LogP contribution >= 0.6 is 0 Å². The molecule has 2 amide bonds. The lowest BCUT2D eigenvalue weighted by Crippen LogP contribution is -2.27. The maximum atomic E-state index is 11.5. The third-order valence-electron chi connectivity index (χ3n) is 2.58. The number of nitrogens with zero attached hydrogens (tertiary/aromatic N) is 1. The number of carbonyl (C=O) groups excluding carboxylic acids is 1. The minimum absolute atomic E-state index is 0.0795. The highest BCUT2D eigenvalue weighted by molar-refractivity contribution is 5.96. The molecule has 2 rings (SSSR count). The van der Waals surface area contributed by atoms with E-state index in [-0.39, 0.29) is 17.3 Å². The Kier molecular flexibility index (Phi) is 2.86. The molecule has 0 atom stereocenters. The molecule has 1 aromatic carbocycles. The molecule has 0 aliphatic carbocycles. The van der Waals surface area contributed by atoms with E-state index >= 15 is 0 Å². The Hall–Kier alpha value is -2.24. The van der Waals surface area contributed by atoms with Crippen molar-refractivity contribution in [3.05, 3.63) is 23.8 Å². The van der Waals surface area contributed by atoms with E-state index in [2.05, 4.69) is 5.32 Å². The fourth-order valence-electron chi connectivity index (χ4n) is 1.74. The van der Waals surface area contributed by atoms with E-state index in [1.807, 2.05) is 0 Å². The van der Waals surface area contributed by atoms with Gasteiger partial charge < -0.3 is 15.2 Å². The summed E-state index contributed by atoms with van der Waals surface area (Å²) in [5.41, 5.74) is 0.706. The summed E-state index contributed by atoms with van der Waals surface area (Å²) in [5.74, 6) is -0.811. The largest absolute Gasteiger partial charge is 0.496 e. The maximum Gasteiger partial charge on any atom is 0.339 e. The molecule has 0 bridgehead atoms. The number of urea groups is 1. The highest BCUT2D eigenvalue weighted by atomic mass is 16.5. The molecular weight excluding hydrogens is 224 g/mol. The molecule has 0 aromatic heterocycles. The Balaban J connectivity index is 2.37. The molecule has 17 heavy (non-hydrogen) atoms. The normalized spacial score (nSPS) is 14.6. The number of aromatic carboxylic acids is 1. The second-order valence-corrected chi connectivity index (χ2v) is 3.57. The van der Waals surface area contributed by atoms with E-state index in [1.165, 1.54) is 18.1 Å². The van der Waals surface area contributed by atoms with E-state index in [9.17, 15) is 9.59 Å². The predicted octanol–water partition coefficient (Wildman–Crippen LogP) is 0.923. The molecule has 6 nitrogen and oxygen atoms in total. The zero-order chi connectivity index (χ0) is 12.4. The number of benzene rings is 1. The van der Waals surface area contributed by atoms with Crippen molar-refractivity contribution >= 4 is 17.7 Å². The Morgan fingerprint density at radius 1 is 1.53 bits per heavy atom. The van der Waals surface area contributed by atoms with Crippen molar-refractivity contribution in [2.45, 2.75) is 0 Å². The highest BCUT2D eigenvalue weighted by Crippen LogP contribution is 2.26. The first-order valence-electron chi connectivity index (χ1n) is 5.10. The number of hydrogen-bond donors (Lipinski definition) is 2. The van der Waals surface area contributed by atoms with Crippen LogP contribution < -0.4 is 15.0 Å². The molecule has 1 saturated heterocycles. The zero-order valence-corrected chi connectivity index (χ0v) is 9.27. The average molecular weight is 236 g/mol. The molecule has 1 aromatic rings. The summed E-state index contributed by atoms with van der Waals surface area (Å²) in [6.07, 6.45) is 0. The van der Waals surface area contributed by atoms with Crippen LogP contribution in [-0.4, -0.2) is 37.3 Å². The maximum absolute atomic E-state index is 11.5. The number of rotatable bonds is 3. The molecule has 6 heteroatoms. The van der Waals surface area contributed by atoms with Gasteiger partial charge in [0.1, 0.15) is 11.3 Å². The van der Waals surface area contributed by atoms with Gasteiger partial charge in [-0.25, -0.2) is 9.59 Å². The average Bonchev–Trinajstić information content (AvgIpc) is 2.74. The summed E-state index contributed by atoms with van der Waals surface area (Å²) in [7, 11) is 1.40. The van der Waals surface area contributed by atoms with E-state index in [4.69, 9.17) is 9.84 Å². The molecule has 1 aliphatic heterocycles. The van der Waals surface area contributed by atoms with E-state index < -0.39 is 5.97 Å². The number of methoxy groups -OCH3 is 1. The first-order chi connectivity index (χ1) is 8.13. The second-order valence-electron chi connectivity index (χ2n) is 3.57. The fraction of sp³-hybridized carbons (Fsp3) is 0.273. The first-order valence-corrected chi connectivity index (χ1v) is 5.10. The molecule has 0 saturated carbocycles. The molecule has 0 spiro atoms. The van der Waals surface area contributed by atoms with Gasteiger partial charge in [-0.2, -0.15) is 0 Å². The first kappa shape index (κ1) is 11.3. The van der Waals surface area contributed by atoms with Gasteiger partial charge in [0, 0.05) is 24.8 Å². The van der Waals surface area contributed by atoms with Gasteiger partial charge in [0.25, 0.3) is 0 Å².